The van der Waals surface area contributed by atoms with Gasteiger partial charge in [-0.1, -0.05) is 42.1 Å². The quantitative estimate of drug-likeness (QED) is 0.684. The number of hydrogen-bond acceptors (Lipinski definition) is 3. The second-order valence-electron chi connectivity index (χ2n) is 5.59. The van der Waals surface area contributed by atoms with Gasteiger partial charge in [0.05, 0.1) is 22.3 Å². The van der Waals surface area contributed by atoms with Crippen molar-refractivity contribution in [2.24, 2.45) is 0 Å². The summed E-state index contributed by atoms with van der Waals surface area (Å²) in [6.07, 6.45) is 0. The summed E-state index contributed by atoms with van der Waals surface area (Å²) in [6, 6.07) is 14.4. The fourth-order valence-electron chi connectivity index (χ4n) is 2.48. The van der Waals surface area contributed by atoms with Gasteiger partial charge >= 0.3 is 0 Å². The van der Waals surface area contributed by atoms with E-state index in [-0.39, 0.29) is 17.2 Å². The molecule has 0 bridgehead atoms. The van der Waals surface area contributed by atoms with Crippen molar-refractivity contribution in [3.05, 3.63) is 71.8 Å². The van der Waals surface area contributed by atoms with Crippen LogP contribution in [-0.4, -0.2) is 16.6 Å². The first kappa shape index (κ1) is 17.4. The van der Waals surface area contributed by atoms with Crippen LogP contribution in [0.3, 0.4) is 0 Å². The molecular formula is C19H16F2N2OS. The van der Waals surface area contributed by atoms with Crippen LogP contribution >= 0.6 is 11.8 Å². The Morgan fingerprint density at radius 1 is 1.16 bits per heavy atom. The lowest BCUT2D eigenvalue weighted by Gasteiger charge is -2.15. The summed E-state index contributed by atoms with van der Waals surface area (Å²) in [7, 11) is 0. The van der Waals surface area contributed by atoms with Crippen molar-refractivity contribution in [3.63, 3.8) is 0 Å². The molecule has 0 saturated heterocycles. The van der Waals surface area contributed by atoms with Crippen LogP contribution in [0.15, 0.2) is 59.6 Å². The number of benzene rings is 2. The van der Waals surface area contributed by atoms with Gasteiger partial charge in [0.25, 0.3) is 0 Å². The minimum Gasteiger partial charge on any atom is -0.349 e. The van der Waals surface area contributed by atoms with Crippen molar-refractivity contribution < 1.29 is 13.6 Å². The maximum atomic E-state index is 13.7. The predicted octanol–water partition coefficient (Wildman–Crippen LogP) is 4.48. The molecule has 1 heterocycles. The number of halogens is 2. The standard InChI is InChI=1S/C19H16F2N2OS/c1-12(15-8-7-14(20)10-16(15)21)22-18(24)11-25-19-9-6-13-4-2-3-5-17(13)23-19/h2-10,12H,11H2,1H3,(H,22,24). The number of carbonyl (C=O) groups excluding carboxylic acids is 1. The summed E-state index contributed by atoms with van der Waals surface area (Å²) in [4.78, 5) is 16.6. The Morgan fingerprint density at radius 3 is 2.76 bits per heavy atom. The summed E-state index contributed by atoms with van der Waals surface area (Å²) in [5, 5.41) is 4.50. The van der Waals surface area contributed by atoms with Crippen molar-refractivity contribution in [3.8, 4) is 0 Å². The first-order valence-electron chi connectivity index (χ1n) is 7.76. The molecule has 25 heavy (non-hydrogen) atoms. The largest absolute Gasteiger partial charge is 0.349 e. The van der Waals surface area contributed by atoms with Gasteiger partial charge in [-0.05, 0) is 25.1 Å². The van der Waals surface area contributed by atoms with Crippen molar-refractivity contribution in [2.75, 3.05) is 5.75 Å². The summed E-state index contributed by atoms with van der Waals surface area (Å²) in [6.45, 7) is 1.66. The Hall–Kier alpha value is -2.47. The number of amides is 1. The molecule has 128 valence electrons. The van der Waals surface area contributed by atoms with Gasteiger partial charge in [-0.2, -0.15) is 0 Å². The number of fused-ring (bicyclic) bond motifs is 1. The fourth-order valence-corrected chi connectivity index (χ4v) is 3.17. The third kappa shape index (κ3) is 4.33. The lowest BCUT2D eigenvalue weighted by molar-refractivity contribution is -0.119. The molecule has 0 saturated carbocycles. The van der Waals surface area contributed by atoms with Crippen LogP contribution in [0, 0.1) is 11.6 Å². The number of thioether (sulfide) groups is 1. The zero-order valence-corrected chi connectivity index (χ0v) is 14.3. The van der Waals surface area contributed by atoms with E-state index >= 15 is 0 Å². The predicted molar refractivity (Wildman–Crippen MR) is 95.4 cm³/mol. The molecule has 1 unspecified atom stereocenters. The Morgan fingerprint density at radius 2 is 1.96 bits per heavy atom. The Balaban J connectivity index is 1.60. The third-order valence-corrected chi connectivity index (χ3v) is 4.66. The number of nitrogens with one attached hydrogen (secondary N) is 1. The lowest BCUT2D eigenvalue weighted by Crippen LogP contribution is -2.28. The highest BCUT2D eigenvalue weighted by molar-refractivity contribution is 7.99. The molecule has 0 aliphatic carbocycles. The van der Waals surface area contributed by atoms with E-state index in [9.17, 15) is 13.6 Å². The lowest BCUT2D eigenvalue weighted by atomic mass is 10.1. The highest BCUT2D eigenvalue weighted by atomic mass is 32.2. The SMILES string of the molecule is CC(NC(=O)CSc1ccc2ccccc2n1)c1ccc(F)cc1F. The number of para-hydroxylation sites is 1. The van der Waals surface area contributed by atoms with Gasteiger partial charge in [-0.25, -0.2) is 13.8 Å². The summed E-state index contributed by atoms with van der Waals surface area (Å²) >= 11 is 1.31. The maximum absolute atomic E-state index is 13.7. The van der Waals surface area contributed by atoms with Gasteiger partial charge in [-0.15, -0.1) is 0 Å². The average molecular weight is 358 g/mol. The van der Waals surface area contributed by atoms with Crippen LogP contribution in [-0.2, 0) is 4.79 Å². The van der Waals surface area contributed by atoms with E-state index in [0.717, 1.165) is 22.0 Å². The zero-order valence-electron chi connectivity index (χ0n) is 13.5. The minimum atomic E-state index is -0.670. The first-order chi connectivity index (χ1) is 12.0. The van der Waals surface area contributed by atoms with Gasteiger partial charge in [0.1, 0.15) is 11.6 Å². The molecule has 2 aromatic carbocycles. The van der Waals surface area contributed by atoms with Gasteiger partial charge in [0, 0.05) is 17.0 Å². The number of rotatable bonds is 5. The van der Waals surface area contributed by atoms with Crippen molar-refractivity contribution >= 4 is 28.6 Å². The molecule has 1 aromatic heterocycles. The normalized spacial score (nSPS) is 12.1. The zero-order chi connectivity index (χ0) is 17.8. The molecule has 0 radical (unpaired) electrons. The van der Waals surface area contributed by atoms with E-state index in [2.05, 4.69) is 10.3 Å². The highest BCUT2D eigenvalue weighted by Gasteiger charge is 2.14. The molecule has 1 atom stereocenters. The molecular weight excluding hydrogens is 342 g/mol. The molecule has 1 N–H and O–H groups in total. The summed E-state index contributed by atoms with van der Waals surface area (Å²) in [5.74, 6) is -1.39. The molecule has 3 aromatic rings. The van der Waals surface area contributed by atoms with Crippen LogP contribution in [0.2, 0.25) is 0 Å². The Kier molecular flexibility index (Phi) is 5.28. The van der Waals surface area contributed by atoms with Crippen LogP contribution in [0.4, 0.5) is 8.78 Å². The molecule has 0 aliphatic heterocycles. The Labute approximate surface area is 148 Å². The second kappa shape index (κ2) is 7.61. The fraction of sp³-hybridized carbons (Fsp3) is 0.158. The van der Waals surface area contributed by atoms with Gasteiger partial charge in [0.2, 0.25) is 5.91 Å². The van der Waals surface area contributed by atoms with Crippen molar-refractivity contribution in [1.29, 1.82) is 0 Å². The van der Waals surface area contributed by atoms with E-state index < -0.39 is 17.7 Å². The molecule has 0 aliphatic rings. The number of pyridine rings is 1. The van der Waals surface area contributed by atoms with E-state index in [1.54, 1.807) is 6.92 Å². The smallest absolute Gasteiger partial charge is 0.230 e. The summed E-state index contributed by atoms with van der Waals surface area (Å²) in [5.41, 5.74) is 1.12. The van der Waals surface area contributed by atoms with E-state index in [1.165, 1.54) is 23.9 Å². The van der Waals surface area contributed by atoms with Gasteiger partial charge in [-0.3, -0.25) is 4.79 Å². The first-order valence-corrected chi connectivity index (χ1v) is 8.74. The average Bonchev–Trinajstić information content (AvgIpc) is 2.59. The second-order valence-corrected chi connectivity index (χ2v) is 6.58. The molecule has 0 spiro atoms. The minimum absolute atomic E-state index is 0.165. The number of nitrogens with zero attached hydrogens (tertiary/aromatic N) is 1. The van der Waals surface area contributed by atoms with Crippen molar-refractivity contribution in [2.45, 2.75) is 18.0 Å². The molecule has 1 amide bonds. The topological polar surface area (TPSA) is 42.0 Å². The van der Waals surface area contributed by atoms with Crippen LogP contribution in [0.5, 0.6) is 0 Å². The number of hydrogen-bond donors (Lipinski definition) is 1. The van der Waals surface area contributed by atoms with Crippen molar-refractivity contribution in [1.82, 2.24) is 10.3 Å². The number of carbonyl (C=O) groups is 1. The number of aromatic nitrogens is 1. The molecule has 3 rings (SSSR count). The van der Waals surface area contributed by atoms with E-state index in [4.69, 9.17) is 0 Å². The molecule has 6 heteroatoms. The maximum Gasteiger partial charge on any atom is 0.230 e. The van der Waals surface area contributed by atoms with E-state index in [0.29, 0.717) is 0 Å². The summed E-state index contributed by atoms with van der Waals surface area (Å²) < 4.78 is 26.7. The molecule has 3 nitrogen and oxygen atoms in total. The molecule has 0 fully saturated rings. The van der Waals surface area contributed by atoms with Crippen LogP contribution in [0.25, 0.3) is 10.9 Å². The van der Waals surface area contributed by atoms with Gasteiger partial charge < -0.3 is 5.32 Å². The van der Waals surface area contributed by atoms with Crippen LogP contribution < -0.4 is 5.32 Å². The van der Waals surface area contributed by atoms with Gasteiger partial charge in [0.15, 0.2) is 0 Å². The highest BCUT2D eigenvalue weighted by Crippen LogP contribution is 2.21. The Bertz CT molecular complexity index is 917. The monoisotopic (exact) mass is 358 g/mol. The third-order valence-electron chi connectivity index (χ3n) is 3.73. The van der Waals surface area contributed by atoms with Crippen LogP contribution in [0.1, 0.15) is 18.5 Å². The van der Waals surface area contributed by atoms with E-state index in [1.807, 2.05) is 36.4 Å².